The highest BCUT2D eigenvalue weighted by molar-refractivity contribution is 5.89. The van der Waals surface area contributed by atoms with Crippen LogP contribution >= 0.6 is 0 Å². The van der Waals surface area contributed by atoms with Gasteiger partial charge in [-0.2, -0.15) is 0 Å². The number of benzene rings is 1. The lowest BCUT2D eigenvalue weighted by Gasteiger charge is -2.36. The van der Waals surface area contributed by atoms with Gasteiger partial charge in [0.2, 0.25) is 5.91 Å². The topological polar surface area (TPSA) is 112 Å². The van der Waals surface area contributed by atoms with E-state index in [0.29, 0.717) is 19.4 Å². The van der Waals surface area contributed by atoms with Gasteiger partial charge in [0.05, 0.1) is 44.1 Å². The van der Waals surface area contributed by atoms with Crippen molar-refractivity contribution in [2.24, 2.45) is 0 Å². The number of aliphatic hydroxyl groups excluding tert-OH is 1. The first-order chi connectivity index (χ1) is 15.9. The summed E-state index contributed by atoms with van der Waals surface area (Å²) in [5, 5.41) is 17.5. The van der Waals surface area contributed by atoms with Gasteiger partial charge < -0.3 is 30.5 Å². The number of aliphatic hydroxyl groups is 1. The number of amides is 3. The second-order valence-electron chi connectivity index (χ2n) is 8.25. The summed E-state index contributed by atoms with van der Waals surface area (Å²) in [4.78, 5) is 26.8. The number of hydrogen-bond donors (Lipinski definition) is 4. The van der Waals surface area contributed by atoms with E-state index in [2.05, 4.69) is 20.9 Å². The van der Waals surface area contributed by atoms with Crippen LogP contribution < -0.4 is 16.0 Å². The highest BCUT2D eigenvalue weighted by Crippen LogP contribution is 2.22. The largest absolute Gasteiger partial charge is 0.394 e. The molecule has 3 atom stereocenters. The minimum absolute atomic E-state index is 0.121. The molecule has 2 aliphatic heterocycles. The third-order valence-electron chi connectivity index (χ3n) is 5.78. The fourth-order valence-corrected chi connectivity index (χ4v) is 4.00. The Morgan fingerprint density at radius 3 is 2.73 bits per heavy atom. The van der Waals surface area contributed by atoms with E-state index < -0.39 is 29.8 Å². The van der Waals surface area contributed by atoms with E-state index in [1.165, 1.54) is 0 Å². The van der Waals surface area contributed by atoms with Crippen LogP contribution in [0.5, 0.6) is 0 Å². The molecular formula is C22H32F2N4O5. The number of halogens is 2. The number of hydrogen-bond acceptors (Lipinski definition) is 6. The van der Waals surface area contributed by atoms with Gasteiger partial charge >= 0.3 is 6.03 Å². The Balaban J connectivity index is 1.37. The molecule has 2 heterocycles. The lowest BCUT2D eigenvalue weighted by Crippen LogP contribution is -2.52. The van der Waals surface area contributed by atoms with Crippen LogP contribution in [0.1, 0.15) is 25.7 Å². The zero-order chi connectivity index (χ0) is 23.6. The Hall–Kier alpha value is -2.34. The van der Waals surface area contributed by atoms with E-state index in [1.807, 2.05) is 0 Å². The van der Waals surface area contributed by atoms with Crippen LogP contribution in [0.15, 0.2) is 18.2 Å². The van der Waals surface area contributed by atoms with Crippen molar-refractivity contribution in [3.63, 3.8) is 0 Å². The standard InChI is InChI=1S/C22H32F2N4O5/c23-15-2-4-17(24)19(12-15)27-22(31)26-18-5-3-16(33-20(18)14-29)13-21(30)25-6-1-7-28-8-10-32-11-9-28/h2,4,12,16,18,20,29H,1,3,5-11,13-14H2,(H,25,30)(H2,26,27,31)/t16-,18+,20+/m1/s1. The monoisotopic (exact) mass is 470 g/mol. The summed E-state index contributed by atoms with van der Waals surface area (Å²) in [5.74, 6) is -1.56. The van der Waals surface area contributed by atoms with Gasteiger partial charge in [0.25, 0.3) is 0 Å². The predicted octanol–water partition coefficient (Wildman–Crippen LogP) is 1.22. The predicted molar refractivity (Wildman–Crippen MR) is 117 cm³/mol. The summed E-state index contributed by atoms with van der Waals surface area (Å²) >= 11 is 0. The highest BCUT2D eigenvalue weighted by atomic mass is 19.1. The second-order valence-corrected chi connectivity index (χ2v) is 8.25. The second kappa shape index (κ2) is 12.8. The van der Waals surface area contributed by atoms with Crippen molar-refractivity contribution in [1.82, 2.24) is 15.5 Å². The van der Waals surface area contributed by atoms with E-state index in [1.54, 1.807) is 0 Å². The van der Waals surface area contributed by atoms with Crippen LogP contribution in [0, 0.1) is 11.6 Å². The van der Waals surface area contributed by atoms with Gasteiger partial charge in [-0.1, -0.05) is 0 Å². The van der Waals surface area contributed by atoms with Crippen molar-refractivity contribution in [2.45, 2.75) is 43.9 Å². The number of urea groups is 1. The quantitative estimate of drug-likeness (QED) is 0.404. The minimum atomic E-state index is -0.763. The number of morpholine rings is 1. The molecule has 0 radical (unpaired) electrons. The molecule has 0 spiro atoms. The Morgan fingerprint density at radius 2 is 1.97 bits per heavy atom. The molecule has 0 aliphatic carbocycles. The first-order valence-electron chi connectivity index (χ1n) is 11.3. The summed E-state index contributed by atoms with van der Waals surface area (Å²) in [7, 11) is 0. The van der Waals surface area contributed by atoms with Gasteiger partial charge in [0, 0.05) is 25.7 Å². The molecule has 0 unspecified atom stereocenters. The molecule has 0 bridgehead atoms. The molecule has 1 aromatic carbocycles. The summed E-state index contributed by atoms with van der Waals surface area (Å²) in [6.07, 6.45) is 0.922. The molecule has 2 saturated heterocycles. The van der Waals surface area contributed by atoms with Gasteiger partial charge in [-0.25, -0.2) is 13.6 Å². The number of carbonyl (C=O) groups excluding carboxylic acids is 2. The molecule has 4 N–H and O–H groups in total. The number of ether oxygens (including phenoxy) is 2. The van der Waals surface area contributed by atoms with E-state index in [-0.39, 0.29) is 30.7 Å². The third kappa shape index (κ3) is 8.18. The summed E-state index contributed by atoms with van der Waals surface area (Å²) in [6.45, 7) is 4.45. The van der Waals surface area contributed by atoms with Crippen molar-refractivity contribution in [2.75, 3.05) is 51.3 Å². The number of nitrogens with one attached hydrogen (secondary N) is 3. The molecule has 2 fully saturated rings. The maximum atomic E-state index is 13.7. The van der Waals surface area contributed by atoms with Crippen LogP contribution in [-0.4, -0.2) is 86.2 Å². The van der Waals surface area contributed by atoms with E-state index in [4.69, 9.17) is 9.47 Å². The molecule has 33 heavy (non-hydrogen) atoms. The molecule has 2 aliphatic rings. The van der Waals surface area contributed by atoms with Crippen molar-refractivity contribution in [1.29, 1.82) is 0 Å². The first kappa shape index (κ1) is 25.3. The maximum Gasteiger partial charge on any atom is 0.319 e. The average molecular weight is 471 g/mol. The minimum Gasteiger partial charge on any atom is -0.394 e. The van der Waals surface area contributed by atoms with Crippen molar-refractivity contribution in [3.8, 4) is 0 Å². The smallest absolute Gasteiger partial charge is 0.319 e. The van der Waals surface area contributed by atoms with Gasteiger partial charge in [-0.05, 0) is 37.9 Å². The highest BCUT2D eigenvalue weighted by Gasteiger charge is 2.33. The molecule has 0 saturated carbocycles. The van der Waals surface area contributed by atoms with E-state index in [0.717, 1.165) is 57.5 Å². The van der Waals surface area contributed by atoms with Gasteiger partial charge in [-0.15, -0.1) is 0 Å². The molecular weight excluding hydrogens is 438 g/mol. The first-order valence-corrected chi connectivity index (χ1v) is 11.3. The van der Waals surface area contributed by atoms with Crippen molar-refractivity contribution < 1.29 is 33.0 Å². The summed E-state index contributed by atoms with van der Waals surface area (Å²) in [5.41, 5.74) is -0.284. The van der Waals surface area contributed by atoms with Crippen molar-refractivity contribution >= 4 is 17.6 Å². The molecule has 3 rings (SSSR count). The SMILES string of the molecule is O=C(C[C@H]1CC[C@H](NC(=O)Nc2cc(F)ccc2F)[C@H](CO)O1)NCCCN1CCOCC1. The lowest BCUT2D eigenvalue weighted by atomic mass is 9.97. The fourth-order valence-electron chi connectivity index (χ4n) is 4.00. The molecule has 11 heteroatoms. The number of carbonyl (C=O) groups is 2. The number of anilines is 1. The molecule has 1 aromatic rings. The van der Waals surface area contributed by atoms with Crippen LogP contribution in [-0.2, 0) is 14.3 Å². The molecule has 3 amide bonds. The zero-order valence-corrected chi connectivity index (χ0v) is 18.5. The number of nitrogens with zero attached hydrogens (tertiary/aromatic N) is 1. The van der Waals surface area contributed by atoms with E-state index in [9.17, 15) is 23.5 Å². The summed E-state index contributed by atoms with van der Waals surface area (Å²) in [6, 6.07) is 1.49. The number of rotatable bonds is 9. The van der Waals surface area contributed by atoms with Crippen LogP contribution in [0.25, 0.3) is 0 Å². The third-order valence-corrected chi connectivity index (χ3v) is 5.78. The van der Waals surface area contributed by atoms with Crippen LogP contribution in [0.4, 0.5) is 19.3 Å². The Bertz CT molecular complexity index is 794. The van der Waals surface area contributed by atoms with Crippen LogP contribution in [0.3, 0.4) is 0 Å². The Morgan fingerprint density at radius 1 is 1.18 bits per heavy atom. The lowest BCUT2D eigenvalue weighted by molar-refractivity contribution is -0.130. The molecule has 0 aromatic heterocycles. The van der Waals surface area contributed by atoms with E-state index >= 15 is 0 Å². The maximum absolute atomic E-state index is 13.7. The normalized spacial score (nSPS) is 23.7. The molecule has 184 valence electrons. The Labute approximate surface area is 191 Å². The van der Waals surface area contributed by atoms with Crippen LogP contribution in [0.2, 0.25) is 0 Å². The van der Waals surface area contributed by atoms with Gasteiger partial charge in [0.1, 0.15) is 17.7 Å². The zero-order valence-electron chi connectivity index (χ0n) is 18.5. The average Bonchev–Trinajstić information content (AvgIpc) is 2.81. The van der Waals surface area contributed by atoms with Gasteiger partial charge in [0.15, 0.2) is 0 Å². The summed E-state index contributed by atoms with van der Waals surface area (Å²) < 4.78 is 38.1. The molecule has 9 nitrogen and oxygen atoms in total. The van der Waals surface area contributed by atoms with Crippen molar-refractivity contribution in [3.05, 3.63) is 29.8 Å². The Kier molecular flexibility index (Phi) is 9.79. The fraction of sp³-hybridized carbons (Fsp3) is 0.636. The van der Waals surface area contributed by atoms with Gasteiger partial charge in [-0.3, -0.25) is 9.69 Å².